The van der Waals surface area contributed by atoms with Gasteiger partial charge in [-0.05, 0) is 30.9 Å². The van der Waals surface area contributed by atoms with Gasteiger partial charge in [0.2, 0.25) is 0 Å². The standard InChI is InChI=1S/C11H15FN2O/c12-10-3-4-11(14-7-10)13-6-9-2-1-5-15-8-9/h3-4,7,9H,1-2,5-6,8H2,(H,13,14). The van der Waals surface area contributed by atoms with Crippen molar-refractivity contribution in [3.05, 3.63) is 24.1 Å². The van der Waals surface area contributed by atoms with E-state index in [0.29, 0.717) is 5.92 Å². The zero-order chi connectivity index (χ0) is 10.5. The summed E-state index contributed by atoms with van der Waals surface area (Å²) < 4.78 is 17.9. The Bertz CT molecular complexity index is 296. The van der Waals surface area contributed by atoms with Gasteiger partial charge >= 0.3 is 0 Å². The van der Waals surface area contributed by atoms with Crippen LogP contribution in [0.5, 0.6) is 0 Å². The van der Waals surface area contributed by atoms with Gasteiger partial charge in [0.05, 0.1) is 12.8 Å². The topological polar surface area (TPSA) is 34.1 Å². The maximum atomic E-state index is 12.6. The van der Waals surface area contributed by atoms with Gasteiger partial charge in [-0.1, -0.05) is 0 Å². The maximum absolute atomic E-state index is 12.6. The largest absolute Gasteiger partial charge is 0.381 e. The average molecular weight is 210 g/mol. The van der Waals surface area contributed by atoms with Crippen molar-refractivity contribution in [3.63, 3.8) is 0 Å². The molecule has 82 valence electrons. The molecule has 1 atom stereocenters. The Morgan fingerprint density at radius 3 is 3.13 bits per heavy atom. The van der Waals surface area contributed by atoms with Crippen molar-refractivity contribution in [3.8, 4) is 0 Å². The smallest absolute Gasteiger partial charge is 0.141 e. The highest BCUT2D eigenvalue weighted by Gasteiger charge is 2.13. The lowest BCUT2D eigenvalue weighted by Gasteiger charge is -2.22. The lowest BCUT2D eigenvalue weighted by molar-refractivity contribution is 0.0595. The average Bonchev–Trinajstić information content (AvgIpc) is 2.30. The Hall–Kier alpha value is -1.16. The molecule has 2 heterocycles. The molecule has 0 radical (unpaired) electrons. The predicted octanol–water partition coefficient (Wildman–Crippen LogP) is 2.06. The summed E-state index contributed by atoms with van der Waals surface area (Å²) in [4.78, 5) is 3.94. The lowest BCUT2D eigenvalue weighted by Crippen LogP contribution is -2.24. The highest BCUT2D eigenvalue weighted by atomic mass is 19.1. The van der Waals surface area contributed by atoms with Crippen LogP contribution in [0, 0.1) is 11.7 Å². The Morgan fingerprint density at radius 2 is 2.47 bits per heavy atom. The third-order valence-corrected chi connectivity index (χ3v) is 2.55. The minimum Gasteiger partial charge on any atom is -0.381 e. The quantitative estimate of drug-likeness (QED) is 0.829. The van der Waals surface area contributed by atoms with Crippen molar-refractivity contribution in [1.82, 2.24) is 4.98 Å². The van der Waals surface area contributed by atoms with Crippen LogP contribution in [0.1, 0.15) is 12.8 Å². The molecule has 0 aromatic carbocycles. The van der Waals surface area contributed by atoms with Crippen molar-refractivity contribution in [2.75, 3.05) is 25.1 Å². The van der Waals surface area contributed by atoms with Crippen LogP contribution in [-0.2, 0) is 4.74 Å². The Kier molecular flexibility index (Phi) is 3.50. The molecule has 1 aromatic heterocycles. The molecule has 1 saturated heterocycles. The number of nitrogens with one attached hydrogen (secondary N) is 1. The van der Waals surface area contributed by atoms with Gasteiger partial charge < -0.3 is 10.1 Å². The molecule has 15 heavy (non-hydrogen) atoms. The van der Waals surface area contributed by atoms with E-state index in [-0.39, 0.29) is 5.82 Å². The number of rotatable bonds is 3. The third-order valence-electron chi connectivity index (χ3n) is 2.55. The summed E-state index contributed by atoms with van der Waals surface area (Å²) in [5, 5.41) is 3.18. The van der Waals surface area contributed by atoms with Crippen molar-refractivity contribution in [2.45, 2.75) is 12.8 Å². The fraction of sp³-hybridized carbons (Fsp3) is 0.545. The van der Waals surface area contributed by atoms with Gasteiger partial charge in [-0.3, -0.25) is 0 Å². The van der Waals surface area contributed by atoms with E-state index in [1.807, 2.05) is 0 Å². The molecule has 0 bridgehead atoms. The Balaban J connectivity index is 1.79. The van der Waals surface area contributed by atoms with Crippen LogP contribution in [0.15, 0.2) is 18.3 Å². The molecule has 0 aliphatic carbocycles. The van der Waals surface area contributed by atoms with E-state index in [4.69, 9.17) is 4.74 Å². The van der Waals surface area contributed by atoms with Crippen LogP contribution in [0.3, 0.4) is 0 Å². The van der Waals surface area contributed by atoms with Crippen LogP contribution in [0.25, 0.3) is 0 Å². The fourth-order valence-electron chi connectivity index (χ4n) is 1.70. The predicted molar refractivity (Wildman–Crippen MR) is 56.2 cm³/mol. The van der Waals surface area contributed by atoms with E-state index in [9.17, 15) is 4.39 Å². The van der Waals surface area contributed by atoms with E-state index in [1.54, 1.807) is 6.07 Å². The zero-order valence-electron chi connectivity index (χ0n) is 8.58. The van der Waals surface area contributed by atoms with Crippen LogP contribution in [-0.4, -0.2) is 24.7 Å². The second-order valence-corrected chi connectivity index (χ2v) is 3.83. The van der Waals surface area contributed by atoms with E-state index < -0.39 is 0 Å². The third kappa shape index (κ3) is 3.16. The number of ether oxygens (including phenoxy) is 1. The van der Waals surface area contributed by atoms with Crippen LogP contribution >= 0.6 is 0 Å². The first kappa shape index (κ1) is 10.4. The van der Waals surface area contributed by atoms with Gasteiger partial charge in [0.25, 0.3) is 0 Å². The number of aromatic nitrogens is 1. The summed E-state index contributed by atoms with van der Waals surface area (Å²) in [6.07, 6.45) is 3.54. The fourth-order valence-corrected chi connectivity index (χ4v) is 1.70. The van der Waals surface area contributed by atoms with Crippen LogP contribution in [0.2, 0.25) is 0 Å². The molecule has 1 aromatic rings. The van der Waals surface area contributed by atoms with Crippen molar-refractivity contribution in [1.29, 1.82) is 0 Å². The lowest BCUT2D eigenvalue weighted by atomic mass is 10.0. The monoisotopic (exact) mass is 210 g/mol. The first-order chi connectivity index (χ1) is 7.34. The number of hydrogen-bond donors (Lipinski definition) is 1. The van der Waals surface area contributed by atoms with Gasteiger partial charge in [-0.2, -0.15) is 0 Å². The molecule has 1 unspecified atom stereocenters. The molecular weight excluding hydrogens is 195 g/mol. The molecule has 0 amide bonds. The molecule has 1 N–H and O–H groups in total. The normalized spacial score (nSPS) is 21.3. The highest BCUT2D eigenvalue weighted by Crippen LogP contribution is 2.14. The molecule has 1 aliphatic heterocycles. The molecule has 2 rings (SSSR count). The van der Waals surface area contributed by atoms with Crippen LogP contribution in [0.4, 0.5) is 10.2 Å². The minimum absolute atomic E-state index is 0.304. The van der Waals surface area contributed by atoms with E-state index in [0.717, 1.165) is 32.0 Å². The summed E-state index contributed by atoms with van der Waals surface area (Å²) in [5.74, 6) is 0.967. The summed E-state index contributed by atoms with van der Waals surface area (Å²) >= 11 is 0. The van der Waals surface area contributed by atoms with Gasteiger partial charge in [0, 0.05) is 13.2 Å². The summed E-state index contributed by atoms with van der Waals surface area (Å²) in [6, 6.07) is 3.06. The van der Waals surface area contributed by atoms with Gasteiger partial charge in [0.15, 0.2) is 0 Å². The molecule has 0 saturated carbocycles. The van der Waals surface area contributed by atoms with E-state index in [1.165, 1.54) is 18.7 Å². The van der Waals surface area contributed by atoms with Crippen molar-refractivity contribution in [2.24, 2.45) is 5.92 Å². The zero-order valence-corrected chi connectivity index (χ0v) is 8.58. The molecule has 3 nitrogen and oxygen atoms in total. The molecule has 4 heteroatoms. The summed E-state index contributed by atoms with van der Waals surface area (Å²) in [5.41, 5.74) is 0. The summed E-state index contributed by atoms with van der Waals surface area (Å²) in [7, 11) is 0. The van der Waals surface area contributed by atoms with E-state index in [2.05, 4.69) is 10.3 Å². The van der Waals surface area contributed by atoms with Crippen LogP contribution < -0.4 is 5.32 Å². The number of pyridine rings is 1. The number of anilines is 1. The molecule has 0 spiro atoms. The van der Waals surface area contributed by atoms with Crippen molar-refractivity contribution < 1.29 is 9.13 Å². The minimum atomic E-state index is -0.304. The number of halogens is 1. The first-order valence-corrected chi connectivity index (χ1v) is 5.28. The molecular formula is C11H15FN2O. The second kappa shape index (κ2) is 5.07. The highest BCUT2D eigenvalue weighted by molar-refractivity contribution is 5.33. The second-order valence-electron chi connectivity index (χ2n) is 3.83. The molecule has 1 fully saturated rings. The van der Waals surface area contributed by atoms with Crippen molar-refractivity contribution >= 4 is 5.82 Å². The van der Waals surface area contributed by atoms with E-state index >= 15 is 0 Å². The van der Waals surface area contributed by atoms with Gasteiger partial charge in [0.1, 0.15) is 11.6 Å². The van der Waals surface area contributed by atoms with Gasteiger partial charge in [-0.15, -0.1) is 0 Å². The molecule has 1 aliphatic rings. The maximum Gasteiger partial charge on any atom is 0.141 e. The Labute approximate surface area is 88.7 Å². The Morgan fingerprint density at radius 1 is 1.53 bits per heavy atom. The SMILES string of the molecule is Fc1ccc(NCC2CCCOC2)nc1. The first-order valence-electron chi connectivity index (χ1n) is 5.28. The number of nitrogens with zero attached hydrogens (tertiary/aromatic N) is 1. The van der Waals surface area contributed by atoms with Gasteiger partial charge in [-0.25, -0.2) is 9.37 Å². The summed E-state index contributed by atoms with van der Waals surface area (Å²) in [6.45, 7) is 2.54. The number of hydrogen-bond acceptors (Lipinski definition) is 3.